The summed E-state index contributed by atoms with van der Waals surface area (Å²) in [5, 5.41) is 2.80. The van der Waals surface area contributed by atoms with Crippen LogP contribution in [0.1, 0.15) is 28.8 Å². The van der Waals surface area contributed by atoms with E-state index >= 15 is 0 Å². The van der Waals surface area contributed by atoms with E-state index in [0.717, 1.165) is 12.1 Å². The number of benzene rings is 2. The lowest BCUT2D eigenvalue weighted by Crippen LogP contribution is -2.41. The van der Waals surface area contributed by atoms with Gasteiger partial charge in [-0.25, -0.2) is 4.98 Å². The van der Waals surface area contributed by atoms with Crippen molar-refractivity contribution in [2.45, 2.75) is 19.0 Å². The molecule has 1 aliphatic heterocycles. The number of rotatable bonds is 4. The van der Waals surface area contributed by atoms with E-state index in [1.807, 2.05) is 0 Å². The van der Waals surface area contributed by atoms with Crippen LogP contribution >= 0.6 is 0 Å². The fourth-order valence-electron chi connectivity index (χ4n) is 3.94. The van der Waals surface area contributed by atoms with Crippen LogP contribution in [0.5, 0.6) is 0 Å². The molecule has 1 aromatic heterocycles. The lowest BCUT2D eigenvalue weighted by atomic mass is 9.94. The lowest BCUT2D eigenvalue weighted by molar-refractivity contribution is -0.137. The van der Waals surface area contributed by atoms with Crippen molar-refractivity contribution in [2.75, 3.05) is 18.4 Å². The summed E-state index contributed by atoms with van der Waals surface area (Å²) in [6.07, 6.45) is -1.77. The van der Waals surface area contributed by atoms with Gasteiger partial charge < -0.3 is 10.2 Å². The number of likely N-dealkylation sites (tertiary alicyclic amines) is 1. The minimum Gasteiger partial charge on any atom is -0.339 e. The third-order valence-corrected chi connectivity index (χ3v) is 5.75. The minimum absolute atomic E-state index is 0.119. The van der Waals surface area contributed by atoms with Crippen LogP contribution in [0.3, 0.4) is 0 Å². The van der Waals surface area contributed by atoms with Crippen LogP contribution < -0.4 is 5.32 Å². The highest BCUT2D eigenvalue weighted by Gasteiger charge is 2.31. The third kappa shape index (κ3) is 5.22. The fourth-order valence-corrected chi connectivity index (χ4v) is 3.94. The molecule has 0 bridgehead atoms. The number of alkyl halides is 3. The van der Waals surface area contributed by atoms with Crippen molar-refractivity contribution in [1.29, 1.82) is 0 Å². The van der Waals surface area contributed by atoms with Crippen LogP contribution in [0.4, 0.5) is 19.0 Å². The van der Waals surface area contributed by atoms with E-state index in [0.29, 0.717) is 48.4 Å². The molecule has 1 N–H and O–H groups in total. The molecule has 1 aliphatic rings. The molecule has 0 atom stereocenters. The first-order chi connectivity index (χ1) is 15.8. The number of amides is 2. The molecule has 3 aromatic rings. The summed E-state index contributed by atoms with van der Waals surface area (Å²) < 4.78 is 38.7. The van der Waals surface area contributed by atoms with E-state index < -0.39 is 11.7 Å². The second kappa shape index (κ2) is 9.44. The Balaban J connectivity index is 1.44. The van der Waals surface area contributed by atoms with Crippen molar-refractivity contribution < 1.29 is 22.8 Å². The van der Waals surface area contributed by atoms with Crippen LogP contribution in [0, 0.1) is 5.92 Å². The number of piperidine rings is 1. The highest BCUT2D eigenvalue weighted by atomic mass is 19.4. The number of nitrogens with zero attached hydrogens (tertiary/aromatic N) is 2. The zero-order valence-electron chi connectivity index (χ0n) is 17.7. The predicted octanol–water partition coefficient (Wildman–Crippen LogP) is 5.26. The number of hydrogen-bond acceptors (Lipinski definition) is 3. The molecule has 0 spiro atoms. The summed E-state index contributed by atoms with van der Waals surface area (Å²) in [6, 6.07) is 16.9. The van der Waals surface area contributed by atoms with Crippen LogP contribution in [0.2, 0.25) is 0 Å². The maximum atomic E-state index is 13.2. The number of carbonyl (C=O) groups is 2. The summed E-state index contributed by atoms with van der Waals surface area (Å²) in [5.41, 5.74) is 0.803. The van der Waals surface area contributed by atoms with Gasteiger partial charge in [0, 0.05) is 30.8 Å². The van der Waals surface area contributed by atoms with Gasteiger partial charge in [-0.15, -0.1) is 0 Å². The first-order valence-electron chi connectivity index (χ1n) is 10.6. The molecule has 0 radical (unpaired) electrons. The SMILES string of the molecule is O=C(Nc1ccccn1)C1CCN(C(=O)c2ccccc2-c2ccc(C(F)(F)F)cc2)CC1. The lowest BCUT2D eigenvalue weighted by Gasteiger charge is -2.31. The molecule has 170 valence electrons. The largest absolute Gasteiger partial charge is 0.416 e. The predicted molar refractivity (Wildman–Crippen MR) is 118 cm³/mol. The number of halogens is 3. The summed E-state index contributed by atoms with van der Waals surface area (Å²) in [7, 11) is 0. The summed E-state index contributed by atoms with van der Waals surface area (Å²) in [4.78, 5) is 31.5. The molecule has 1 fully saturated rings. The van der Waals surface area contributed by atoms with Gasteiger partial charge in [-0.05, 0) is 54.3 Å². The molecular weight excluding hydrogens is 431 g/mol. The molecule has 1 saturated heterocycles. The zero-order chi connectivity index (χ0) is 23.4. The first kappa shape index (κ1) is 22.5. The van der Waals surface area contributed by atoms with Crippen LogP contribution in [-0.2, 0) is 11.0 Å². The van der Waals surface area contributed by atoms with Crippen molar-refractivity contribution >= 4 is 17.6 Å². The molecule has 2 aromatic carbocycles. The molecule has 33 heavy (non-hydrogen) atoms. The summed E-state index contributed by atoms with van der Waals surface area (Å²) in [6.45, 7) is 0.834. The molecular formula is C25H22F3N3O2. The van der Waals surface area contributed by atoms with Gasteiger partial charge in [0.2, 0.25) is 5.91 Å². The molecule has 2 heterocycles. The molecule has 4 rings (SSSR count). The average molecular weight is 453 g/mol. The highest BCUT2D eigenvalue weighted by molar-refractivity contribution is 6.01. The quantitative estimate of drug-likeness (QED) is 0.586. The smallest absolute Gasteiger partial charge is 0.339 e. The van der Waals surface area contributed by atoms with Crippen LogP contribution in [0.25, 0.3) is 11.1 Å². The maximum absolute atomic E-state index is 13.2. The number of hydrogen-bond donors (Lipinski definition) is 1. The van der Waals surface area contributed by atoms with E-state index in [1.165, 1.54) is 12.1 Å². The number of aromatic nitrogens is 1. The Labute approximate surface area is 189 Å². The number of anilines is 1. The van der Waals surface area contributed by atoms with E-state index in [1.54, 1.807) is 53.6 Å². The van der Waals surface area contributed by atoms with Gasteiger partial charge >= 0.3 is 6.18 Å². The minimum atomic E-state index is -4.42. The third-order valence-electron chi connectivity index (χ3n) is 5.75. The highest BCUT2D eigenvalue weighted by Crippen LogP contribution is 2.32. The molecule has 5 nitrogen and oxygen atoms in total. The van der Waals surface area contributed by atoms with Gasteiger partial charge in [0.05, 0.1) is 5.56 Å². The molecule has 8 heteroatoms. The van der Waals surface area contributed by atoms with Gasteiger partial charge in [-0.3, -0.25) is 9.59 Å². The zero-order valence-corrected chi connectivity index (χ0v) is 17.7. The van der Waals surface area contributed by atoms with Gasteiger partial charge in [0.1, 0.15) is 5.82 Å². The summed E-state index contributed by atoms with van der Waals surface area (Å²) >= 11 is 0. The van der Waals surface area contributed by atoms with Crippen molar-refractivity contribution in [3.8, 4) is 11.1 Å². The summed E-state index contributed by atoms with van der Waals surface area (Å²) in [5.74, 6) is -0.0484. The van der Waals surface area contributed by atoms with Gasteiger partial charge in [0.25, 0.3) is 5.91 Å². The van der Waals surface area contributed by atoms with E-state index in [9.17, 15) is 22.8 Å². The normalized spacial score (nSPS) is 14.7. The Morgan fingerprint density at radius 1 is 0.909 bits per heavy atom. The van der Waals surface area contributed by atoms with Gasteiger partial charge in [-0.2, -0.15) is 13.2 Å². The molecule has 0 aliphatic carbocycles. The van der Waals surface area contributed by atoms with E-state index in [4.69, 9.17) is 0 Å². The number of carbonyl (C=O) groups excluding carboxylic acids is 2. The number of nitrogens with one attached hydrogen (secondary N) is 1. The Morgan fingerprint density at radius 2 is 1.58 bits per heavy atom. The topological polar surface area (TPSA) is 62.3 Å². The van der Waals surface area contributed by atoms with Gasteiger partial charge in [-0.1, -0.05) is 36.4 Å². The van der Waals surface area contributed by atoms with E-state index in [2.05, 4.69) is 10.3 Å². The average Bonchev–Trinajstić information content (AvgIpc) is 2.84. The van der Waals surface area contributed by atoms with Crippen molar-refractivity contribution in [1.82, 2.24) is 9.88 Å². The second-order valence-corrected chi connectivity index (χ2v) is 7.89. The first-order valence-corrected chi connectivity index (χ1v) is 10.6. The Morgan fingerprint density at radius 3 is 2.21 bits per heavy atom. The molecule has 0 unspecified atom stereocenters. The Hall–Kier alpha value is -3.68. The second-order valence-electron chi connectivity index (χ2n) is 7.89. The van der Waals surface area contributed by atoms with Crippen LogP contribution in [-0.4, -0.2) is 34.8 Å². The van der Waals surface area contributed by atoms with E-state index in [-0.39, 0.29) is 17.7 Å². The van der Waals surface area contributed by atoms with Crippen LogP contribution in [0.15, 0.2) is 72.9 Å². The fraction of sp³-hybridized carbons (Fsp3) is 0.240. The molecule has 0 saturated carbocycles. The van der Waals surface area contributed by atoms with Crippen molar-refractivity contribution in [3.05, 3.63) is 84.1 Å². The standard InChI is InChI=1S/C25H22F3N3O2/c26-25(27,28)19-10-8-17(9-11-19)20-5-1-2-6-21(20)24(33)31-15-12-18(13-16-31)23(32)30-22-7-3-4-14-29-22/h1-11,14,18H,12-13,15-16H2,(H,29,30,32). The van der Waals surface area contributed by atoms with Crippen molar-refractivity contribution in [3.63, 3.8) is 0 Å². The number of pyridine rings is 1. The monoisotopic (exact) mass is 453 g/mol. The van der Waals surface area contributed by atoms with Gasteiger partial charge in [0.15, 0.2) is 0 Å². The van der Waals surface area contributed by atoms with Crippen molar-refractivity contribution in [2.24, 2.45) is 5.92 Å². The molecule has 2 amide bonds. The Bertz CT molecular complexity index is 1120. The maximum Gasteiger partial charge on any atom is 0.416 e. The Kier molecular flexibility index (Phi) is 6.44.